The fraction of sp³-hybridized carbons (Fsp3) is 0.316. The van der Waals surface area contributed by atoms with Gasteiger partial charge in [-0.15, -0.1) is 11.3 Å². The van der Waals surface area contributed by atoms with Gasteiger partial charge in [0.2, 0.25) is 5.78 Å². The van der Waals surface area contributed by atoms with E-state index in [1.165, 1.54) is 11.3 Å². The van der Waals surface area contributed by atoms with E-state index in [1.54, 1.807) is 30.3 Å². The molecular weight excluding hydrogens is 338 g/mol. The molecule has 0 unspecified atom stereocenters. The molecule has 3 rings (SSSR count). The first kappa shape index (κ1) is 17.4. The van der Waals surface area contributed by atoms with Crippen molar-refractivity contribution in [2.45, 2.75) is 31.7 Å². The highest BCUT2D eigenvalue weighted by atomic mass is 32.1. The zero-order valence-corrected chi connectivity index (χ0v) is 14.4. The molecule has 5 nitrogen and oxygen atoms in total. The molecule has 130 valence electrons. The molecule has 1 aromatic heterocycles. The minimum Gasteiger partial charge on any atom is -0.481 e. The number of nitrogens with one attached hydrogen (secondary N) is 1. The molecule has 2 aromatic rings. The number of carboxylic acid groups (broad SMARTS) is 1. The van der Waals surface area contributed by atoms with Crippen LogP contribution in [0, 0.1) is 5.92 Å². The lowest BCUT2D eigenvalue weighted by atomic mass is 9.86. The van der Waals surface area contributed by atoms with Gasteiger partial charge in [0, 0.05) is 11.6 Å². The Morgan fingerprint density at radius 2 is 1.64 bits per heavy atom. The lowest BCUT2D eigenvalue weighted by Crippen LogP contribution is -2.39. The third-order valence-corrected chi connectivity index (χ3v) is 5.44. The van der Waals surface area contributed by atoms with Gasteiger partial charge in [0.15, 0.2) is 0 Å². The first-order valence-corrected chi connectivity index (χ1v) is 9.15. The Hall–Kier alpha value is -2.47. The highest BCUT2D eigenvalue weighted by Gasteiger charge is 2.27. The minimum absolute atomic E-state index is 0.0482. The predicted molar refractivity (Wildman–Crippen MR) is 95.0 cm³/mol. The summed E-state index contributed by atoms with van der Waals surface area (Å²) in [6.07, 6.45) is 2.42. The summed E-state index contributed by atoms with van der Waals surface area (Å²) in [6.45, 7) is 0. The average molecular weight is 357 g/mol. The predicted octanol–water partition coefficient (Wildman–Crippen LogP) is 3.35. The van der Waals surface area contributed by atoms with E-state index in [9.17, 15) is 14.4 Å². The van der Waals surface area contributed by atoms with Gasteiger partial charge in [0.1, 0.15) is 0 Å². The molecule has 1 heterocycles. The maximum Gasteiger partial charge on any atom is 0.306 e. The summed E-state index contributed by atoms with van der Waals surface area (Å²) in [5.41, 5.74) is 0.753. The third-order valence-electron chi connectivity index (χ3n) is 4.57. The Bertz CT molecular complexity index is 776. The summed E-state index contributed by atoms with van der Waals surface area (Å²) in [7, 11) is 0. The maximum absolute atomic E-state index is 12.6. The quantitative estimate of drug-likeness (QED) is 0.804. The molecule has 1 aliphatic rings. The monoisotopic (exact) mass is 357 g/mol. The SMILES string of the molecule is O=C(NC1CCC(C(=O)O)CC1)c1ccccc1C(=O)c1cccs1. The lowest BCUT2D eigenvalue weighted by molar-refractivity contribution is -0.142. The molecular formula is C19H19NO4S. The van der Waals surface area contributed by atoms with Crippen molar-refractivity contribution in [1.82, 2.24) is 5.32 Å². The third kappa shape index (κ3) is 3.96. The van der Waals surface area contributed by atoms with Crippen molar-refractivity contribution < 1.29 is 19.5 Å². The number of carboxylic acids is 1. The van der Waals surface area contributed by atoms with E-state index in [1.807, 2.05) is 11.4 Å². The van der Waals surface area contributed by atoms with Gasteiger partial charge in [-0.2, -0.15) is 0 Å². The molecule has 0 bridgehead atoms. The Kier molecular flexibility index (Phi) is 5.28. The van der Waals surface area contributed by atoms with Crippen molar-refractivity contribution in [3.05, 3.63) is 57.8 Å². The number of hydrogen-bond acceptors (Lipinski definition) is 4. The molecule has 0 radical (unpaired) electrons. The van der Waals surface area contributed by atoms with Crippen molar-refractivity contribution in [2.75, 3.05) is 0 Å². The number of rotatable bonds is 5. The Morgan fingerprint density at radius 1 is 0.960 bits per heavy atom. The first-order chi connectivity index (χ1) is 12.1. The minimum atomic E-state index is -0.767. The lowest BCUT2D eigenvalue weighted by Gasteiger charge is -2.27. The summed E-state index contributed by atoms with van der Waals surface area (Å²) in [6, 6.07) is 10.3. The van der Waals surface area contributed by atoms with Crippen molar-refractivity contribution in [1.29, 1.82) is 0 Å². The molecule has 6 heteroatoms. The molecule has 1 amide bonds. The van der Waals surface area contributed by atoms with Crippen LogP contribution in [0.1, 0.15) is 51.3 Å². The summed E-state index contributed by atoms with van der Waals surface area (Å²) < 4.78 is 0. The van der Waals surface area contributed by atoms with Crippen LogP contribution in [-0.2, 0) is 4.79 Å². The van der Waals surface area contributed by atoms with Gasteiger partial charge in [0.25, 0.3) is 5.91 Å². The summed E-state index contributed by atoms with van der Waals surface area (Å²) in [5.74, 6) is -1.52. The number of thiophene rings is 1. The second-order valence-electron chi connectivity index (χ2n) is 6.21. The molecule has 25 heavy (non-hydrogen) atoms. The van der Waals surface area contributed by atoms with Gasteiger partial charge in [-0.1, -0.05) is 24.3 Å². The van der Waals surface area contributed by atoms with E-state index in [-0.39, 0.29) is 23.7 Å². The van der Waals surface area contributed by atoms with Crippen molar-refractivity contribution in [3.8, 4) is 0 Å². The molecule has 2 N–H and O–H groups in total. The largest absolute Gasteiger partial charge is 0.481 e. The molecule has 0 saturated heterocycles. The van der Waals surface area contributed by atoms with E-state index in [0.717, 1.165) is 0 Å². The van der Waals surface area contributed by atoms with Crippen molar-refractivity contribution in [2.24, 2.45) is 5.92 Å². The van der Waals surface area contributed by atoms with Gasteiger partial charge in [0.05, 0.1) is 16.4 Å². The van der Waals surface area contributed by atoms with Crippen LogP contribution in [0.4, 0.5) is 0 Å². The second-order valence-corrected chi connectivity index (χ2v) is 7.16. The van der Waals surface area contributed by atoms with Crippen LogP contribution in [-0.4, -0.2) is 28.8 Å². The number of carbonyl (C=O) groups excluding carboxylic acids is 2. The molecule has 1 aromatic carbocycles. The summed E-state index contributed by atoms with van der Waals surface area (Å²) in [5, 5.41) is 13.8. The zero-order valence-electron chi connectivity index (χ0n) is 13.6. The van der Waals surface area contributed by atoms with Crippen molar-refractivity contribution in [3.63, 3.8) is 0 Å². The molecule has 0 spiro atoms. The molecule has 0 atom stereocenters. The highest BCUT2D eigenvalue weighted by molar-refractivity contribution is 7.12. The van der Waals surface area contributed by atoms with Crippen LogP contribution in [0.3, 0.4) is 0 Å². The fourth-order valence-electron chi connectivity index (χ4n) is 3.17. The molecule has 0 aliphatic heterocycles. The van der Waals surface area contributed by atoms with Crippen LogP contribution >= 0.6 is 11.3 Å². The van der Waals surface area contributed by atoms with Crippen LogP contribution < -0.4 is 5.32 Å². The van der Waals surface area contributed by atoms with E-state index in [0.29, 0.717) is 41.7 Å². The molecule has 1 saturated carbocycles. The van der Waals surface area contributed by atoms with Crippen LogP contribution in [0.2, 0.25) is 0 Å². The Balaban J connectivity index is 1.71. The zero-order chi connectivity index (χ0) is 17.8. The summed E-state index contributed by atoms with van der Waals surface area (Å²) in [4.78, 5) is 36.9. The average Bonchev–Trinajstić information content (AvgIpc) is 3.16. The topological polar surface area (TPSA) is 83.5 Å². The summed E-state index contributed by atoms with van der Waals surface area (Å²) >= 11 is 1.35. The Labute approximate surface area is 149 Å². The number of benzene rings is 1. The van der Waals surface area contributed by atoms with E-state index in [2.05, 4.69) is 5.32 Å². The van der Waals surface area contributed by atoms with Crippen molar-refractivity contribution >= 4 is 29.0 Å². The second kappa shape index (κ2) is 7.61. The fourth-order valence-corrected chi connectivity index (χ4v) is 3.85. The van der Waals surface area contributed by atoms with E-state index in [4.69, 9.17) is 5.11 Å². The van der Waals surface area contributed by atoms with Gasteiger partial charge in [-0.25, -0.2) is 0 Å². The maximum atomic E-state index is 12.6. The number of ketones is 1. The molecule has 1 aliphatic carbocycles. The first-order valence-electron chi connectivity index (χ1n) is 8.27. The number of carbonyl (C=O) groups is 3. The smallest absolute Gasteiger partial charge is 0.306 e. The van der Waals surface area contributed by atoms with Crippen LogP contribution in [0.25, 0.3) is 0 Å². The number of hydrogen-bond donors (Lipinski definition) is 2. The molecule has 1 fully saturated rings. The van der Waals surface area contributed by atoms with Gasteiger partial charge >= 0.3 is 5.97 Å². The highest BCUT2D eigenvalue weighted by Crippen LogP contribution is 2.25. The van der Waals surface area contributed by atoms with E-state index < -0.39 is 5.97 Å². The van der Waals surface area contributed by atoms with Gasteiger partial charge in [-0.3, -0.25) is 14.4 Å². The Morgan fingerprint density at radius 3 is 2.24 bits per heavy atom. The number of aliphatic carboxylic acids is 1. The van der Waals surface area contributed by atoms with E-state index >= 15 is 0 Å². The number of amides is 1. The van der Waals surface area contributed by atoms with Crippen LogP contribution in [0.15, 0.2) is 41.8 Å². The standard InChI is InChI=1S/C19H19NO4S/c21-17(16-6-3-11-25-16)14-4-1-2-5-15(14)18(22)20-13-9-7-12(8-10-13)19(23)24/h1-6,11-13H,7-10H2,(H,20,22)(H,23,24). The van der Waals surface area contributed by atoms with Gasteiger partial charge in [-0.05, 0) is 43.2 Å². The normalized spacial score (nSPS) is 20.0. The van der Waals surface area contributed by atoms with Gasteiger partial charge < -0.3 is 10.4 Å². The van der Waals surface area contributed by atoms with Crippen LogP contribution in [0.5, 0.6) is 0 Å².